The summed E-state index contributed by atoms with van der Waals surface area (Å²) in [6.45, 7) is 2.42. The van der Waals surface area contributed by atoms with Crippen LogP contribution in [0, 0.1) is 6.92 Å². The van der Waals surface area contributed by atoms with Gasteiger partial charge in [0.25, 0.3) is 0 Å². The van der Waals surface area contributed by atoms with Crippen molar-refractivity contribution in [3.8, 4) is 17.2 Å². The van der Waals surface area contributed by atoms with Crippen molar-refractivity contribution in [3.63, 3.8) is 0 Å². The van der Waals surface area contributed by atoms with Gasteiger partial charge in [0.15, 0.2) is 11.5 Å². The van der Waals surface area contributed by atoms with Crippen LogP contribution in [0.4, 0.5) is 17.5 Å². The third-order valence-electron chi connectivity index (χ3n) is 4.65. The molecule has 0 amide bonds. The molecular formula is C22H24N6O3. The summed E-state index contributed by atoms with van der Waals surface area (Å²) in [4.78, 5) is 16.9. The molecule has 9 nitrogen and oxygen atoms in total. The molecule has 4 rings (SSSR count). The van der Waals surface area contributed by atoms with Gasteiger partial charge in [-0.1, -0.05) is 12.1 Å². The zero-order valence-electron chi connectivity index (χ0n) is 17.8. The molecule has 2 aromatic carbocycles. The number of fused-ring (bicyclic) bond motifs is 1. The van der Waals surface area contributed by atoms with Gasteiger partial charge in [0, 0.05) is 29.6 Å². The molecule has 0 fully saturated rings. The summed E-state index contributed by atoms with van der Waals surface area (Å²) in [6, 6.07) is 13.4. The summed E-state index contributed by atoms with van der Waals surface area (Å²) in [7, 11) is 4.71. The quantitative estimate of drug-likeness (QED) is 0.392. The maximum absolute atomic E-state index is 5.41. The minimum Gasteiger partial charge on any atom is -0.493 e. The molecule has 0 aliphatic rings. The molecular weight excluding hydrogens is 396 g/mol. The second-order valence-corrected chi connectivity index (χ2v) is 6.81. The Labute approximate surface area is 179 Å². The standard InChI is InChI=1S/C22H24N6O3/c1-13-9-19(23-12-20-26-15-7-5-6-8-16(15)27-20)28-22(24-13)25-14-10-17(29-2)21(31-4)18(11-14)30-3/h5-11H,12H2,1-4H3,(H,26,27)(H2,23,24,25,28). The number of aromatic nitrogens is 4. The third kappa shape index (κ3) is 4.45. The van der Waals surface area contributed by atoms with Gasteiger partial charge in [0.2, 0.25) is 11.7 Å². The summed E-state index contributed by atoms with van der Waals surface area (Å²) < 4.78 is 16.2. The van der Waals surface area contributed by atoms with Crippen molar-refractivity contribution in [2.75, 3.05) is 32.0 Å². The first-order valence-corrected chi connectivity index (χ1v) is 9.70. The number of nitrogens with zero attached hydrogens (tertiary/aromatic N) is 3. The largest absolute Gasteiger partial charge is 0.493 e. The number of benzene rings is 2. The van der Waals surface area contributed by atoms with Crippen LogP contribution in [-0.2, 0) is 6.54 Å². The van der Waals surface area contributed by atoms with Gasteiger partial charge in [-0.2, -0.15) is 4.98 Å². The van der Waals surface area contributed by atoms with E-state index in [1.807, 2.05) is 37.3 Å². The van der Waals surface area contributed by atoms with Crippen molar-refractivity contribution in [2.45, 2.75) is 13.5 Å². The van der Waals surface area contributed by atoms with Crippen molar-refractivity contribution in [3.05, 3.63) is 54.0 Å². The lowest BCUT2D eigenvalue weighted by Gasteiger charge is -2.15. The van der Waals surface area contributed by atoms with E-state index in [0.717, 1.165) is 22.6 Å². The first-order chi connectivity index (χ1) is 15.1. The van der Waals surface area contributed by atoms with Gasteiger partial charge in [-0.05, 0) is 19.1 Å². The Morgan fingerprint density at radius 1 is 0.903 bits per heavy atom. The summed E-state index contributed by atoms with van der Waals surface area (Å²) in [5, 5.41) is 6.50. The van der Waals surface area contributed by atoms with Gasteiger partial charge >= 0.3 is 0 Å². The molecule has 0 spiro atoms. The second kappa shape index (κ2) is 8.78. The van der Waals surface area contributed by atoms with Crippen LogP contribution in [0.15, 0.2) is 42.5 Å². The summed E-state index contributed by atoms with van der Waals surface area (Å²) >= 11 is 0. The Kier molecular flexibility index (Phi) is 5.74. The fourth-order valence-electron chi connectivity index (χ4n) is 3.26. The molecule has 2 heterocycles. The predicted octanol–water partition coefficient (Wildman–Crippen LogP) is 4.04. The lowest BCUT2D eigenvalue weighted by molar-refractivity contribution is 0.324. The van der Waals surface area contributed by atoms with Crippen LogP contribution < -0.4 is 24.8 Å². The van der Waals surface area contributed by atoms with Crippen LogP contribution in [0.2, 0.25) is 0 Å². The van der Waals surface area contributed by atoms with E-state index >= 15 is 0 Å². The van der Waals surface area contributed by atoms with Crippen molar-refractivity contribution in [1.82, 2.24) is 19.9 Å². The number of aromatic amines is 1. The number of hydrogen-bond donors (Lipinski definition) is 3. The minimum absolute atomic E-state index is 0.446. The number of para-hydroxylation sites is 2. The van der Waals surface area contributed by atoms with Gasteiger partial charge in [0.1, 0.15) is 11.6 Å². The van der Waals surface area contributed by atoms with Crippen LogP contribution in [0.1, 0.15) is 11.5 Å². The van der Waals surface area contributed by atoms with Crippen LogP contribution in [0.3, 0.4) is 0 Å². The monoisotopic (exact) mass is 420 g/mol. The molecule has 0 unspecified atom stereocenters. The Morgan fingerprint density at radius 2 is 1.65 bits per heavy atom. The first-order valence-electron chi connectivity index (χ1n) is 9.70. The fourth-order valence-corrected chi connectivity index (χ4v) is 3.26. The second-order valence-electron chi connectivity index (χ2n) is 6.81. The van der Waals surface area contributed by atoms with E-state index in [1.165, 1.54) is 0 Å². The average molecular weight is 420 g/mol. The molecule has 0 aliphatic heterocycles. The zero-order chi connectivity index (χ0) is 21.8. The highest BCUT2D eigenvalue weighted by Gasteiger charge is 2.14. The lowest BCUT2D eigenvalue weighted by atomic mass is 10.2. The smallest absolute Gasteiger partial charge is 0.229 e. The highest BCUT2D eigenvalue weighted by Crippen LogP contribution is 2.40. The molecule has 3 N–H and O–H groups in total. The Hall–Kier alpha value is -4.01. The number of hydrogen-bond acceptors (Lipinski definition) is 8. The molecule has 160 valence electrons. The number of anilines is 3. The number of methoxy groups -OCH3 is 3. The molecule has 0 atom stereocenters. The minimum atomic E-state index is 0.446. The molecule has 0 aliphatic carbocycles. The molecule has 0 saturated carbocycles. The van der Waals surface area contributed by atoms with E-state index in [4.69, 9.17) is 14.2 Å². The van der Waals surface area contributed by atoms with Gasteiger partial charge in [-0.3, -0.25) is 0 Å². The molecule has 9 heteroatoms. The Morgan fingerprint density at radius 3 is 2.32 bits per heavy atom. The molecule has 31 heavy (non-hydrogen) atoms. The molecule has 0 saturated heterocycles. The number of nitrogens with one attached hydrogen (secondary N) is 3. The van der Waals surface area contributed by atoms with E-state index in [1.54, 1.807) is 33.5 Å². The van der Waals surface area contributed by atoms with Gasteiger partial charge in [0.05, 0.1) is 38.9 Å². The number of imidazole rings is 1. The van der Waals surface area contributed by atoms with Gasteiger partial charge in [-0.25, -0.2) is 9.97 Å². The normalized spacial score (nSPS) is 10.7. The van der Waals surface area contributed by atoms with Gasteiger partial charge in [-0.15, -0.1) is 0 Å². The SMILES string of the molecule is COc1cc(Nc2nc(C)cc(NCc3nc4ccccc4[nH]3)n2)cc(OC)c1OC. The topological polar surface area (TPSA) is 106 Å². The van der Waals surface area contributed by atoms with E-state index in [9.17, 15) is 0 Å². The maximum Gasteiger partial charge on any atom is 0.229 e. The van der Waals surface area contributed by atoms with E-state index < -0.39 is 0 Å². The van der Waals surface area contributed by atoms with E-state index in [2.05, 4.69) is 30.6 Å². The van der Waals surface area contributed by atoms with Crippen molar-refractivity contribution in [2.24, 2.45) is 0 Å². The number of aryl methyl sites for hydroxylation is 1. The maximum atomic E-state index is 5.41. The number of H-pyrrole nitrogens is 1. The summed E-state index contributed by atoms with van der Waals surface area (Å²) in [5.74, 6) is 3.57. The zero-order valence-corrected chi connectivity index (χ0v) is 17.8. The Balaban J connectivity index is 1.53. The summed E-state index contributed by atoms with van der Waals surface area (Å²) in [6.07, 6.45) is 0. The molecule has 0 bridgehead atoms. The summed E-state index contributed by atoms with van der Waals surface area (Å²) in [5.41, 5.74) is 3.46. The molecule has 0 radical (unpaired) electrons. The van der Waals surface area contributed by atoms with Gasteiger partial charge < -0.3 is 29.8 Å². The van der Waals surface area contributed by atoms with Crippen molar-refractivity contribution in [1.29, 1.82) is 0 Å². The molecule has 2 aromatic heterocycles. The highest BCUT2D eigenvalue weighted by atomic mass is 16.5. The van der Waals surface area contributed by atoms with Crippen LogP contribution in [0.5, 0.6) is 17.2 Å². The van der Waals surface area contributed by atoms with Crippen molar-refractivity contribution < 1.29 is 14.2 Å². The van der Waals surface area contributed by atoms with Crippen LogP contribution in [-0.4, -0.2) is 41.3 Å². The van der Waals surface area contributed by atoms with Crippen LogP contribution >= 0.6 is 0 Å². The van der Waals surface area contributed by atoms with E-state index in [-0.39, 0.29) is 0 Å². The Bertz CT molecular complexity index is 1150. The average Bonchev–Trinajstić information content (AvgIpc) is 3.19. The van der Waals surface area contributed by atoms with E-state index in [0.29, 0.717) is 41.2 Å². The lowest BCUT2D eigenvalue weighted by Crippen LogP contribution is -2.07. The number of rotatable bonds is 8. The number of ether oxygens (including phenoxy) is 3. The van der Waals surface area contributed by atoms with Crippen LogP contribution in [0.25, 0.3) is 11.0 Å². The predicted molar refractivity (Wildman–Crippen MR) is 120 cm³/mol. The highest BCUT2D eigenvalue weighted by molar-refractivity contribution is 5.74. The molecule has 4 aromatic rings. The fraction of sp³-hybridized carbons (Fsp3) is 0.227. The third-order valence-corrected chi connectivity index (χ3v) is 4.65. The van der Waals surface area contributed by atoms with Crippen molar-refractivity contribution >= 4 is 28.5 Å². The first kappa shape index (κ1) is 20.3.